The van der Waals surface area contributed by atoms with Crippen LogP contribution in [0.4, 0.5) is 4.39 Å². The number of pyridine rings is 1. The van der Waals surface area contributed by atoms with Crippen molar-refractivity contribution in [3.8, 4) is 11.3 Å². The Hall–Kier alpha value is -2.60. The van der Waals surface area contributed by atoms with Crippen molar-refractivity contribution in [3.05, 3.63) is 54.0 Å². The number of nitrogens with two attached hydrogens (primary N) is 1. The molecule has 5 nitrogen and oxygen atoms in total. The van der Waals surface area contributed by atoms with Gasteiger partial charge in [-0.2, -0.15) is 0 Å². The Morgan fingerprint density at radius 3 is 2.71 bits per heavy atom. The third-order valence-electron chi connectivity index (χ3n) is 4.05. The highest BCUT2D eigenvalue weighted by atomic mass is 19.1. The maximum absolute atomic E-state index is 13.2. The number of imide groups is 1. The standard InChI is InChI=1S/C18H18FN3O2/c19-14-3-1-2-12(8-14)16-7-6-13(10-21-16)18(24)22-17(23)9-15(20)11-4-5-11/h1-3,6-8,10-11,15H,4-5,9,20H2,(H,22,23,24). The summed E-state index contributed by atoms with van der Waals surface area (Å²) in [4.78, 5) is 28.0. The summed E-state index contributed by atoms with van der Waals surface area (Å²) in [6.45, 7) is 0. The zero-order valence-corrected chi connectivity index (χ0v) is 13.0. The topological polar surface area (TPSA) is 85.1 Å². The molecule has 124 valence electrons. The van der Waals surface area contributed by atoms with Crippen molar-refractivity contribution in [1.29, 1.82) is 0 Å². The highest BCUT2D eigenvalue weighted by Crippen LogP contribution is 2.32. The molecule has 1 fully saturated rings. The van der Waals surface area contributed by atoms with Gasteiger partial charge in [-0.25, -0.2) is 4.39 Å². The van der Waals surface area contributed by atoms with Gasteiger partial charge >= 0.3 is 0 Å². The molecule has 1 aromatic heterocycles. The number of halogens is 1. The van der Waals surface area contributed by atoms with E-state index in [1.54, 1.807) is 24.3 Å². The van der Waals surface area contributed by atoms with Crippen molar-refractivity contribution in [2.75, 3.05) is 0 Å². The molecule has 1 aliphatic carbocycles. The van der Waals surface area contributed by atoms with Gasteiger partial charge in [0.2, 0.25) is 5.91 Å². The average Bonchev–Trinajstić information content (AvgIpc) is 3.40. The Bertz CT molecular complexity index is 757. The first kappa shape index (κ1) is 16.3. The fraction of sp³-hybridized carbons (Fsp3) is 0.278. The highest BCUT2D eigenvalue weighted by molar-refractivity contribution is 6.04. The fourth-order valence-electron chi connectivity index (χ4n) is 2.50. The lowest BCUT2D eigenvalue weighted by Crippen LogP contribution is -2.36. The molecule has 0 saturated heterocycles. The first-order valence-corrected chi connectivity index (χ1v) is 7.84. The number of nitrogens with zero attached hydrogens (tertiary/aromatic N) is 1. The lowest BCUT2D eigenvalue weighted by atomic mass is 10.1. The molecule has 1 aromatic carbocycles. The van der Waals surface area contributed by atoms with Crippen molar-refractivity contribution in [2.45, 2.75) is 25.3 Å². The van der Waals surface area contributed by atoms with Crippen LogP contribution in [0.1, 0.15) is 29.6 Å². The number of hydrogen-bond donors (Lipinski definition) is 2. The predicted octanol–water partition coefficient (Wildman–Crippen LogP) is 2.27. The molecule has 0 radical (unpaired) electrons. The molecule has 0 aliphatic heterocycles. The molecular weight excluding hydrogens is 309 g/mol. The van der Waals surface area contributed by atoms with Gasteiger partial charge in [-0.1, -0.05) is 12.1 Å². The highest BCUT2D eigenvalue weighted by Gasteiger charge is 2.30. The van der Waals surface area contributed by atoms with Crippen molar-refractivity contribution in [1.82, 2.24) is 10.3 Å². The minimum absolute atomic E-state index is 0.144. The van der Waals surface area contributed by atoms with Crippen LogP contribution in [0.2, 0.25) is 0 Å². The zero-order chi connectivity index (χ0) is 17.1. The molecule has 1 unspecified atom stereocenters. The lowest BCUT2D eigenvalue weighted by molar-refractivity contribution is -0.120. The van der Waals surface area contributed by atoms with E-state index in [1.165, 1.54) is 18.3 Å². The summed E-state index contributed by atoms with van der Waals surface area (Å²) in [6, 6.07) is 9.02. The zero-order valence-electron chi connectivity index (χ0n) is 13.0. The van der Waals surface area contributed by atoms with E-state index in [9.17, 15) is 14.0 Å². The van der Waals surface area contributed by atoms with Crippen LogP contribution in [0.15, 0.2) is 42.6 Å². The van der Waals surface area contributed by atoms with Crippen LogP contribution in [-0.2, 0) is 4.79 Å². The number of aromatic nitrogens is 1. The van der Waals surface area contributed by atoms with Crippen LogP contribution in [0, 0.1) is 11.7 Å². The normalized spacial score (nSPS) is 14.9. The van der Waals surface area contributed by atoms with Crippen molar-refractivity contribution < 1.29 is 14.0 Å². The summed E-state index contributed by atoms with van der Waals surface area (Å²) < 4.78 is 13.2. The summed E-state index contributed by atoms with van der Waals surface area (Å²) in [7, 11) is 0. The Labute approximate surface area is 139 Å². The van der Waals surface area contributed by atoms with Gasteiger partial charge in [0, 0.05) is 24.2 Å². The van der Waals surface area contributed by atoms with Crippen LogP contribution in [0.3, 0.4) is 0 Å². The summed E-state index contributed by atoms with van der Waals surface area (Å²) in [5, 5.41) is 2.32. The molecule has 3 N–H and O–H groups in total. The largest absolute Gasteiger partial charge is 0.327 e. The molecule has 1 saturated carbocycles. The van der Waals surface area contributed by atoms with Crippen LogP contribution in [0.5, 0.6) is 0 Å². The Morgan fingerprint density at radius 2 is 2.08 bits per heavy atom. The second-order valence-corrected chi connectivity index (χ2v) is 6.03. The Balaban J connectivity index is 1.62. The average molecular weight is 327 g/mol. The van der Waals surface area contributed by atoms with Crippen LogP contribution in [-0.4, -0.2) is 22.8 Å². The quantitative estimate of drug-likeness (QED) is 0.882. The van der Waals surface area contributed by atoms with Gasteiger partial charge in [-0.15, -0.1) is 0 Å². The number of amides is 2. The lowest BCUT2D eigenvalue weighted by Gasteiger charge is -2.10. The third-order valence-corrected chi connectivity index (χ3v) is 4.05. The second-order valence-electron chi connectivity index (χ2n) is 6.03. The maximum atomic E-state index is 13.2. The number of hydrogen-bond acceptors (Lipinski definition) is 4. The summed E-state index contributed by atoms with van der Waals surface area (Å²) in [5.41, 5.74) is 7.31. The number of carbonyl (C=O) groups excluding carboxylic acids is 2. The molecule has 24 heavy (non-hydrogen) atoms. The minimum atomic E-state index is -0.513. The first-order chi connectivity index (χ1) is 11.5. The summed E-state index contributed by atoms with van der Waals surface area (Å²) in [5.74, 6) is -0.846. The van der Waals surface area contributed by atoms with E-state index in [4.69, 9.17) is 5.73 Å². The number of carbonyl (C=O) groups is 2. The SMILES string of the molecule is NC(CC(=O)NC(=O)c1ccc(-c2cccc(F)c2)nc1)C1CC1. The molecule has 1 aliphatic rings. The van der Waals surface area contributed by atoms with Crippen molar-refractivity contribution in [3.63, 3.8) is 0 Å². The second kappa shape index (κ2) is 6.88. The minimum Gasteiger partial charge on any atom is -0.327 e. The van der Waals surface area contributed by atoms with E-state index >= 15 is 0 Å². The molecule has 0 spiro atoms. The molecule has 1 heterocycles. The van der Waals surface area contributed by atoms with E-state index in [2.05, 4.69) is 10.3 Å². The summed E-state index contributed by atoms with van der Waals surface area (Å²) in [6.07, 6.45) is 3.61. The fourth-order valence-corrected chi connectivity index (χ4v) is 2.50. The smallest absolute Gasteiger partial charge is 0.259 e. The van der Waals surface area contributed by atoms with E-state index in [0.717, 1.165) is 12.8 Å². The third kappa shape index (κ3) is 4.02. The first-order valence-electron chi connectivity index (χ1n) is 7.84. The maximum Gasteiger partial charge on any atom is 0.259 e. The van der Waals surface area contributed by atoms with Crippen molar-refractivity contribution in [2.24, 2.45) is 11.7 Å². The Morgan fingerprint density at radius 1 is 1.29 bits per heavy atom. The monoisotopic (exact) mass is 327 g/mol. The molecular formula is C18H18FN3O2. The van der Waals surface area contributed by atoms with Gasteiger partial charge in [0.1, 0.15) is 5.82 Å². The van der Waals surface area contributed by atoms with Gasteiger partial charge in [-0.3, -0.25) is 19.9 Å². The van der Waals surface area contributed by atoms with Crippen molar-refractivity contribution >= 4 is 11.8 Å². The van der Waals surface area contributed by atoms with E-state index in [1.807, 2.05) is 0 Å². The molecule has 3 rings (SSSR count). The van der Waals surface area contributed by atoms with Crippen LogP contribution >= 0.6 is 0 Å². The Kier molecular flexibility index (Phi) is 4.66. The molecule has 0 bridgehead atoms. The van der Waals surface area contributed by atoms with E-state index < -0.39 is 5.91 Å². The molecule has 6 heteroatoms. The van der Waals surface area contributed by atoms with Crippen LogP contribution in [0.25, 0.3) is 11.3 Å². The van der Waals surface area contributed by atoms with E-state index in [0.29, 0.717) is 17.2 Å². The summed E-state index contributed by atoms with van der Waals surface area (Å²) >= 11 is 0. The molecule has 2 amide bonds. The predicted molar refractivity (Wildman–Crippen MR) is 87.4 cm³/mol. The molecule has 2 aromatic rings. The van der Waals surface area contributed by atoms with Gasteiger partial charge in [0.25, 0.3) is 5.91 Å². The number of nitrogens with one attached hydrogen (secondary N) is 1. The van der Waals surface area contributed by atoms with Crippen LogP contribution < -0.4 is 11.1 Å². The van der Waals surface area contributed by atoms with Gasteiger partial charge in [0.05, 0.1) is 11.3 Å². The van der Waals surface area contributed by atoms with Gasteiger partial charge < -0.3 is 5.73 Å². The molecule has 1 atom stereocenters. The van der Waals surface area contributed by atoms with Gasteiger partial charge in [0.15, 0.2) is 0 Å². The number of benzene rings is 1. The number of rotatable bonds is 5. The van der Waals surface area contributed by atoms with Gasteiger partial charge in [-0.05, 0) is 43.0 Å². The van der Waals surface area contributed by atoms with E-state index in [-0.39, 0.29) is 29.8 Å².